The standard InChI is InChI=1S/C18H28N2O/c1-14-6-4-7-17(11-14)18(21)19-8-5-9-20-12-15(2)10-16(3)13-20/h4,6-7,11,15-16H,5,8-10,12-13H2,1-3H3,(H,19,21)/t15-,16-/m1/s1. The number of likely N-dealkylation sites (tertiary alicyclic amines) is 1. The van der Waals surface area contributed by atoms with Crippen LogP contribution in [0.2, 0.25) is 0 Å². The molecule has 0 aliphatic carbocycles. The van der Waals surface area contributed by atoms with Crippen molar-refractivity contribution in [1.82, 2.24) is 10.2 Å². The first-order valence-electron chi connectivity index (χ1n) is 8.12. The fourth-order valence-electron chi connectivity index (χ4n) is 3.37. The predicted molar refractivity (Wildman–Crippen MR) is 87.5 cm³/mol. The highest BCUT2D eigenvalue weighted by Crippen LogP contribution is 2.20. The molecule has 21 heavy (non-hydrogen) atoms. The molecule has 1 aliphatic rings. The number of nitrogens with zero attached hydrogens (tertiary/aromatic N) is 1. The largest absolute Gasteiger partial charge is 0.352 e. The SMILES string of the molecule is Cc1cccc(C(=O)NCCCN2C[C@H](C)C[C@@H](C)C2)c1. The molecule has 1 aromatic carbocycles. The van der Waals surface area contributed by atoms with Gasteiger partial charge in [-0.05, 0) is 50.3 Å². The van der Waals surface area contributed by atoms with Crippen molar-refractivity contribution in [1.29, 1.82) is 0 Å². The minimum Gasteiger partial charge on any atom is -0.352 e. The van der Waals surface area contributed by atoms with E-state index in [1.807, 2.05) is 31.2 Å². The second kappa shape index (κ2) is 7.60. The van der Waals surface area contributed by atoms with E-state index in [1.54, 1.807) is 0 Å². The Hall–Kier alpha value is -1.35. The molecule has 0 saturated carbocycles. The molecule has 0 unspecified atom stereocenters. The van der Waals surface area contributed by atoms with Gasteiger partial charge in [0.15, 0.2) is 0 Å². The van der Waals surface area contributed by atoms with Crippen molar-refractivity contribution < 1.29 is 4.79 Å². The molecule has 0 spiro atoms. The molecule has 2 atom stereocenters. The average Bonchev–Trinajstić information content (AvgIpc) is 2.42. The van der Waals surface area contributed by atoms with Crippen LogP contribution in [-0.2, 0) is 0 Å². The number of amides is 1. The number of rotatable bonds is 5. The van der Waals surface area contributed by atoms with Gasteiger partial charge in [0.1, 0.15) is 0 Å². The lowest BCUT2D eigenvalue weighted by molar-refractivity contribution is 0.0947. The molecular weight excluding hydrogens is 260 g/mol. The van der Waals surface area contributed by atoms with Gasteiger partial charge in [0.05, 0.1) is 0 Å². The van der Waals surface area contributed by atoms with Crippen LogP contribution in [0.15, 0.2) is 24.3 Å². The maximum absolute atomic E-state index is 12.0. The Kier molecular flexibility index (Phi) is 5.80. The fraction of sp³-hybridized carbons (Fsp3) is 0.611. The summed E-state index contributed by atoms with van der Waals surface area (Å²) in [5.41, 5.74) is 1.88. The number of benzene rings is 1. The zero-order chi connectivity index (χ0) is 15.2. The van der Waals surface area contributed by atoms with E-state index in [9.17, 15) is 4.79 Å². The first-order chi connectivity index (χ1) is 10.0. The molecule has 1 N–H and O–H groups in total. The van der Waals surface area contributed by atoms with Crippen LogP contribution in [0.3, 0.4) is 0 Å². The number of carbonyl (C=O) groups excluding carboxylic acids is 1. The lowest BCUT2D eigenvalue weighted by Crippen LogP contribution is -2.40. The van der Waals surface area contributed by atoms with E-state index in [0.29, 0.717) is 0 Å². The Morgan fingerprint density at radius 2 is 2.00 bits per heavy atom. The van der Waals surface area contributed by atoms with E-state index >= 15 is 0 Å². The molecule has 2 rings (SSSR count). The minimum atomic E-state index is 0.0408. The normalized spacial score (nSPS) is 23.0. The highest BCUT2D eigenvalue weighted by molar-refractivity contribution is 5.94. The van der Waals surface area contributed by atoms with Gasteiger partial charge in [-0.2, -0.15) is 0 Å². The van der Waals surface area contributed by atoms with Crippen molar-refractivity contribution in [2.75, 3.05) is 26.2 Å². The van der Waals surface area contributed by atoms with Gasteiger partial charge in [0.25, 0.3) is 5.91 Å². The van der Waals surface area contributed by atoms with Crippen LogP contribution in [0.1, 0.15) is 42.6 Å². The summed E-state index contributed by atoms with van der Waals surface area (Å²) in [6.07, 6.45) is 2.37. The molecule has 0 radical (unpaired) electrons. The molecule has 1 aliphatic heterocycles. The molecule has 3 nitrogen and oxygen atoms in total. The quantitative estimate of drug-likeness (QED) is 0.844. The lowest BCUT2D eigenvalue weighted by Gasteiger charge is -2.34. The summed E-state index contributed by atoms with van der Waals surface area (Å²) in [5.74, 6) is 1.64. The third-order valence-corrected chi connectivity index (χ3v) is 4.16. The fourth-order valence-corrected chi connectivity index (χ4v) is 3.37. The molecule has 1 heterocycles. The monoisotopic (exact) mass is 288 g/mol. The van der Waals surface area contributed by atoms with Gasteiger partial charge in [-0.25, -0.2) is 0 Å². The third-order valence-electron chi connectivity index (χ3n) is 4.16. The molecular formula is C18H28N2O. The van der Waals surface area contributed by atoms with Crippen LogP contribution in [0.25, 0.3) is 0 Å². The van der Waals surface area contributed by atoms with Crippen molar-refractivity contribution in [3.8, 4) is 0 Å². The third kappa shape index (κ3) is 5.16. The first-order valence-corrected chi connectivity index (χ1v) is 8.12. The van der Waals surface area contributed by atoms with E-state index in [-0.39, 0.29) is 5.91 Å². The molecule has 1 saturated heterocycles. The van der Waals surface area contributed by atoms with Crippen molar-refractivity contribution in [2.45, 2.75) is 33.6 Å². The van der Waals surface area contributed by atoms with Gasteiger partial charge in [-0.1, -0.05) is 31.5 Å². The van der Waals surface area contributed by atoms with Gasteiger partial charge in [0, 0.05) is 25.2 Å². The van der Waals surface area contributed by atoms with E-state index in [0.717, 1.165) is 42.5 Å². The van der Waals surface area contributed by atoms with E-state index in [4.69, 9.17) is 0 Å². The number of hydrogen-bond acceptors (Lipinski definition) is 2. The summed E-state index contributed by atoms with van der Waals surface area (Å²) in [6.45, 7) is 10.9. The molecule has 1 aromatic rings. The predicted octanol–water partition coefficient (Wildman–Crippen LogP) is 3.09. The summed E-state index contributed by atoms with van der Waals surface area (Å²) >= 11 is 0. The number of nitrogens with one attached hydrogen (secondary N) is 1. The van der Waals surface area contributed by atoms with Gasteiger partial charge < -0.3 is 10.2 Å². The molecule has 3 heteroatoms. The van der Waals surface area contributed by atoms with Crippen molar-refractivity contribution >= 4 is 5.91 Å². The van der Waals surface area contributed by atoms with Crippen molar-refractivity contribution in [2.24, 2.45) is 11.8 Å². The van der Waals surface area contributed by atoms with E-state index in [2.05, 4.69) is 24.1 Å². The van der Waals surface area contributed by atoms with Gasteiger partial charge in [0.2, 0.25) is 0 Å². The maximum atomic E-state index is 12.0. The number of hydrogen-bond donors (Lipinski definition) is 1. The summed E-state index contributed by atoms with van der Waals surface area (Å²) in [5, 5.41) is 3.02. The Morgan fingerprint density at radius 3 is 2.67 bits per heavy atom. The van der Waals surface area contributed by atoms with Crippen LogP contribution in [0.5, 0.6) is 0 Å². The van der Waals surface area contributed by atoms with Gasteiger partial charge in [-0.3, -0.25) is 4.79 Å². The highest BCUT2D eigenvalue weighted by Gasteiger charge is 2.21. The number of piperidine rings is 1. The summed E-state index contributed by atoms with van der Waals surface area (Å²) < 4.78 is 0. The molecule has 1 fully saturated rings. The lowest BCUT2D eigenvalue weighted by atomic mass is 9.92. The average molecular weight is 288 g/mol. The maximum Gasteiger partial charge on any atom is 0.251 e. The van der Waals surface area contributed by atoms with Crippen molar-refractivity contribution in [3.63, 3.8) is 0 Å². The second-order valence-corrected chi connectivity index (χ2v) is 6.68. The highest BCUT2D eigenvalue weighted by atomic mass is 16.1. The van der Waals surface area contributed by atoms with E-state index in [1.165, 1.54) is 19.5 Å². The Balaban J connectivity index is 1.69. The first kappa shape index (κ1) is 16.0. The topological polar surface area (TPSA) is 32.3 Å². The van der Waals surface area contributed by atoms with Crippen molar-refractivity contribution in [3.05, 3.63) is 35.4 Å². The Labute approximate surface area is 128 Å². The summed E-state index contributed by atoms with van der Waals surface area (Å²) in [4.78, 5) is 14.6. The Bertz CT molecular complexity index is 462. The number of carbonyl (C=O) groups is 1. The van der Waals surface area contributed by atoms with Gasteiger partial charge in [-0.15, -0.1) is 0 Å². The second-order valence-electron chi connectivity index (χ2n) is 6.68. The molecule has 116 valence electrons. The molecule has 0 aromatic heterocycles. The van der Waals surface area contributed by atoms with Crippen LogP contribution >= 0.6 is 0 Å². The zero-order valence-electron chi connectivity index (χ0n) is 13.6. The summed E-state index contributed by atoms with van der Waals surface area (Å²) in [7, 11) is 0. The van der Waals surface area contributed by atoms with Crippen LogP contribution in [0.4, 0.5) is 0 Å². The Morgan fingerprint density at radius 1 is 1.29 bits per heavy atom. The minimum absolute atomic E-state index is 0.0408. The van der Waals surface area contributed by atoms with Crippen LogP contribution in [-0.4, -0.2) is 37.0 Å². The smallest absolute Gasteiger partial charge is 0.251 e. The molecule has 0 bridgehead atoms. The van der Waals surface area contributed by atoms with Crippen LogP contribution < -0.4 is 5.32 Å². The zero-order valence-corrected chi connectivity index (χ0v) is 13.6. The number of aryl methyl sites for hydroxylation is 1. The van der Waals surface area contributed by atoms with E-state index < -0.39 is 0 Å². The van der Waals surface area contributed by atoms with Crippen LogP contribution in [0, 0.1) is 18.8 Å². The molecule has 1 amide bonds. The van der Waals surface area contributed by atoms with Gasteiger partial charge >= 0.3 is 0 Å². The summed E-state index contributed by atoms with van der Waals surface area (Å²) in [6, 6.07) is 7.75.